The fourth-order valence-electron chi connectivity index (χ4n) is 2.18. The van der Waals surface area contributed by atoms with Crippen LogP contribution in [0.4, 0.5) is 11.4 Å². The van der Waals surface area contributed by atoms with Gasteiger partial charge in [0.1, 0.15) is 0 Å². The molecule has 1 aliphatic rings. The van der Waals surface area contributed by atoms with E-state index < -0.39 is 0 Å². The molecule has 1 N–H and O–H groups in total. The second kappa shape index (κ2) is 5.76. The molecule has 0 heterocycles. The highest BCUT2D eigenvalue weighted by Gasteiger charge is 2.09. The molecule has 0 aromatic heterocycles. The molecule has 2 heteroatoms. The third-order valence-corrected chi connectivity index (χ3v) is 3.36. The molecule has 1 aromatic carbocycles. The molecule has 1 aromatic rings. The fourth-order valence-corrected chi connectivity index (χ4v) is 2.18. The van der Waals surface area contributed by atoms with E-state index in [1.54, 1.807) is 0 Å². The average molecular weight is 230 g/mol. The van der Waals surface area contributed by atoms with Gasteiger partial charge in [0.15, 0.2) is 0 Å². The second-order valence-electron chi connectivity index (χ2n) is 4.97. The van der Waals surface area contributed by atoms with E-state index >= 15 is 0 Å². The molecule has 0 amide bonds. The Bertz CT molecular complexity index is 365. The van der Waals surface area contributed by atoms with E-state index in [9.17, 15) is 0 Å². The number of hydrogen-bond acceptors (Lipinski definition) is 2. The monoisotopic (exact) mass is 230 g/mol. The van der Waals surface area contributed by atoms with Crippen LogP contribution < -0.4 is 10.2 Å². The van der Waals surface area contributed by atoms with Crippen molar-refractivity contribution < 1.29 is 0 Å². The van der Waals surface area contributed by atoms with Crippen molar-refractivity contribution in [1.29, 1.82) is 0 Å². The highest BCUT2D eigenvalue weighted by molar-refractivity contribution is 5.54. The van der Waals surface area contributed by atoms with Crippen LogP contribution in [-0.2, 0) is 0 Å². The van der Waals surface area contributed by atoms with Crippen LogP contribution in [0.25, 0.3) is 0 Å². The molecule has 0 radical (unpaired) electrons. The summed E-state index contributed by atoms with van der Waals surface area (Å²) in [5, 5.41) is 3.53. The van der Waals surface area contributed by atoms with Crippen molar-refractivity contribution in [3.05, 3.63) is 36.4 Å². The summed E-state index contributed by atoms with van der Waals surface area (Å²) in [4.78, 5) is 2.12. The van der Waals surface area contributed by atoms with Crippen molar-refractivity contribution in [2.45, 2.75) is 19.3 Å². The van der Waals surface area contributed by atoms with Gasteiger partial charge >= 0.3 is 0 Å². The van der Waals surface area contributed by atoms with Gasteiger partial charge in [-0.1, -0.05) is 12.2 Å². The Hall–Kier alpha value is -1.44. The summed E-state index contributed by atoms with van der Waals surface area (Å²) in [5.41, 5.74) is 2.47. The number of allylic oxidation sites excluding steroid dienone is 2. The number of nitrogens with zero attached hydrogens (tertiary/aromatic N) is 1. The van der Waals surface area contributed by atoms with Gasteiger partial charge in [0.25, 0.3) is 0 Å². The van der Waals surface area contributed by atoms with Crippen molar-refractivity contribution >= 4 is 11.4 Å². The van der Waals surface area contributed by atoms with E-state index in [0.29, 0.717) is 0 Å². The molecular formula is C15H22N2. The maximum absolute atomic E-state index is 3.53. The lowest BCUT2D eigenvalue weighted by atomic mass is 9.94. The summed E-state index contributed by atoms with van der Waals surface area (Å²) in [6, 6.07) is 8.63. The molecule has 0 fully saturated rings. The van der Waals surface area contributed by atoms with Crippen LogP contribution in [0.5, 0.6) is 0 Å². The first-order valence-corrected chi connectivity index (χ1v) is 6.42. The number of anilines is 2. The van der Waals surface area contributed by atoms with Gasteiger partial charge < -0.3 is 10.2 Å². The second-order valence-corrected chi connectivity index (χ2v) is 4.97. The summed E-state index contributed by atoms with van der Waals surface area (Å²) >= 11 is 0. The normalized spacial score (nSPS) is 19.1. The first kappa shape index (κ1) is 12.0. The fraction of sp³-hybridized carbons (Fsp3) is 0.467. The highest BCUT2D eigenvalue weighted by Crippen LogP contribution is 2.20. The first-order valence-electron chi connectivity index (χ1n) is 6.42. The summed E-state index contributed by atoms with van der Waals surface area (Å²) < 4.78 is 0. The predicted octanol–water partition coefficient (Wildman–Crippen LogP) is 3.52. The smallest absolute Gasteiger partial charge is 0.0362 e. The first-order chi connectivity index (χ1) is 8.25. The van der Waals surface area contributed by atoms with Crippen molar-refractivity contribution in [3.63, 3.8) is 0 Å². The van der Waals surface area contributed by atoms with Crippen molar-refractivity contribution in [1.82, 2.24) is 0 Å². The maximum atomic E-state index is 3.53. The Kier molecular flexibility index (Phi) is 4.08. The van der Waals surface area contributed by atoms with Gasteiger partial charge in [0, 0.05) is 32.0 Å². The van der Waals surface area contributed by atoms with E-state index in [2.05, 4.69) is 60.7 Å². The van der Waals surface area contributed by atoms with E-state index in [4.69, 9.17) is 0 Å². The highest BCUT2D eigenvalue weighted by atomic mass is 15.1. The number of hydrogen-bond donors (Lipinski definition) is 1. The van der Waals surface area contributed by atoms with Gasteiger partial charge in [-0.25, -0.2) is 0 Å². The molecule has 2 nitrogen and oxygen atoms in total. The zero-order valence-electron chi connectivity index (χ0n) is 10.8. The minimum Gasteiger partial charge on any atom is -0.385 e. The lowest BCUT2D eigenvalue weighted by Crippen LogP contribution is -2.15. The number of nitrogens with one attached hydrogen (secondary N) is 1. The molecule has 1 atom stereocenters. The summed E-state index contributed by atoms with van der Waals surface area (Å²) in [7, 11) is 4.13. The molecule has 0 aliphatic heterocycles. The Morgan fingerprint density at radius 3 is 2.53 bits per heavy atom. The molecule has 0 spiro atoms. The van der Waals surface area contributed by atoms with Crippen molar-refractivity contribution in [2.24, 2.45) is 5.92 Å². The zero-order valence-corrected chi connectivity index (χ0v) is 10.8. The Morgan fingerprint density at radius 2 is 1.94 bits per heavy atom. The van der Waals surface area contributed by atoms with E-state index in [1.807, 2.05) is 0 Å². The summed E-state index contributed by atoms with van der Waals surface area (Å²) in [6.45, 7) is 1.09. The molecule has 0 saturated heterocycles. The molecular weight excluding hydrogens is 208 g/mol. The predicted molar refractivity (Wildman–Crippen MR) is 75.7 cm³/mol. The topological polar surface area (TPSA) is 15.3 Å². The van der Waals surface area contributed by atoms with Crippen LogP contribution in [0.2, 0.25) is 0 Å². The van der Waals surface area contributed by atoms with Crippen LogP contribution in [0, 0.1) is 5.92 Å². The van der Waals surface area contributed by atoms with Gasteiger partial charge in [-0.3, -0.25) is 0 Å². The molecule has 92 valence electrons. The van der Waals surface area contributed by atoms with Crippen molar-refractivity contribution in [3.8, 4) is 0 Å². The summed E-state index contributed by atoms with van der Waals surface area (Å²) in [5.74, 6) is 0.800. The van der Waals surface area contributed by atoms with Gasteiger partial charge in [-0.05, 0) is 49.4 Å². The Labute approximate surface area is 104 Å². The van der Waals surface area contributed by atoms with Crippen LogP contribution in [0.15, 0.2) is 36.4 Å². The molecule has 1 aliphatic carbocycles. The zero-order chi connectivity index (χ0) is 12.1. The van der Waals surface area contributed by atoms with Crippen molar-refractivity contribution in [2.75, 3.05) is 30.9 Å². The summed E-state index contributed by atoms with van der Waals surface area (Å²) in [6.07, 6.45) is 8.39. The largest absolute Gasteiger partial charge is 0.385 e. The standard InChI is InChI=1S/C15H22N2/c1-17(2)15-10-8-14(9-11-15)16-12-13-6-4-3-5-7-13/h3-4,8-11,13,16H,5-7,12H2,1-2H3. The minimum absolute atomic E-state index is 0.800. The molecule has 0 saturated carbocycles. The SMILES string of the molecule is CN(C)c1ccc(NCC2CC=CCC2)cc1. The van der Waals surface area contributed by atoms with Gasteiger partial charge in [0.2, 0.25) is 0 Å². The Balaban J connectivity index is 1.84. The lowest BCUT2D eigenvalue weighted by Gasteiger charge is -2.19. The van der Waals surface area contributed by atoms with Crippen LogP contribution in [-0.4, -0.2) is 20.6 Å². The molecule has 0 bridgehead atoms. The maximum Gasteiger partial charge on any atom is 0.0362 e. The number of benzene rings is 1. The Morgan fingerprint density at radius 1 is 1.18 bits per heavy atom. The van der Waals surface area contributed by atoms with E-state index in [-0.39, 0.29) is 0 Å². The van der Waals surface area contributed by atoms with Crippen LogP contribution in [0.1, 0.15) is 19.3 Å². The quantitative estimate of drug-likeness (QED) is 0.796. The van der Waals surface area contributed by atoms with Gasteiger partial charge in [-0.15, -0.1) is 0 Å². The molecule has 1 unspecified atom stereocenters. The number of rotatable bonds is 4. The molecule has 2 rings (SSSR count). The van der Waals surface area contributed by atoms with Crippen LogP contribution in [0.3, 0.4) is 0 Å². The van der Waals surface area contributed by atoms with Gasteiger partial charge in [0.05, 0.1) is 0 Å². The molecule has 17 heavy (non-hydrogen) atoms. The van der Waals surface area contributed by atoms with E-state index in [1.165, 1.54) is 30.6 Å². The van der Waals surface area contributed by atoms with Gasteiger partial charge in [-0.2, -0.15) is 0 Å². The third kappa shape index (κ3) is 3.52. The van der Waals surface area contributed by atoms with Crippen LogP contribution >= 0.6 is 0 Å². The van der Waals surface area contributed by atoms with E-state index in [0.717, 1.165) is 12.5 Å². The minimum atomic E-state index is 0.800. The lowest BCUT2D eigenvalue weighted by molar-refractivity contribution is 0.504. The average Bonchev–Trinajstić information content (AvgIpc) is 2.38. The third-order valence-electron chi connectivity index (χ3n) is 3.36.